The normalized spacial score (nSPS) is 20.7. The molecule has 280 valence electrons. The Labute approximate surface area is 303 Å². The SMILES string of the molecule is COc1ccc(S(=O)(=O)N2C(=O)C(c3cc(CC=CCCO)ccc3OC)(N3C[C@H](O)C[C@H]3C(=O)N(C)C)c3cc(Cl)ccc32)c(OC(F)(F)F)c1. The van der Waals surface area contributed by atoms with E-state index in [-0.39, 0.29) is 52.9 Å². The highest BCUT2D eigenvalue weighted by molar-refractivity contribution is 7.93. The molecule has 52 heavy (non-hydrogen) atoms. The Morgan fingerprint density at radius 3 is 2.40 bits per heavy atom. The van der Waals surface area contributed by atoms with Crippen molar-refractivity contribution in [3.8, 4) is 17.2 Å². The minimum absolute atomic E-state index is 0.0303. The van der Waals surface area contributed by atoms with Gasteiger partial charge in [0.1, 0.15) is 16.4 Å². The van der Waals surface area contributed by atoms with Gasteiger partial charge in [-0.25, -0.2) is 12.7 Å². The highest BCUT2D eigenvalue weighted by atomic mass is 35.5. The quantitative estimate of drug-likeness (QED) is 0.257. The van der Waals surface area contributed by atoms with E-state index in [0.717, 1.165) is 18.2 Å². The number of sulfonamides is 1. The van der Waals surface area contributed by atoms with Crippen molar-refractivity contribution in [2.24, 2.45) is 0 Å². The summed E-state index contributed by atoms with van der Waals surface area (Å²) >= 11 is 6.54. The highest BCUT2D eigenvalue weighted by Gasteiger charge is 2.64. The summed E-state index contributed by atoms with van der Waals surface area (Å²) in [6.45, 7) is -0.378. The number of amides is 2. The smallest absolute Gasteiger partial charge is 0.497 e. The first kappa shape index (κ1) is 38.9. The zero-order chi connectivity index (χ0) is 38.2. The number of likely N-dealkylation sites (N-methyl/N-ethyl adjacent to an activating group) is 1. The molecule has 3 aromatic carbocycles. The summed E-state index contributed by atoms with van der Waals surface area (Å²) in [7, 11) is 0.206. The van der Waals surface area contributed by atoms with Crippen LogP contribution in [0.2, 0.25) is 5.02 Å². The fraction of sp³-hybridized carbons (Fsp3) is 0.371. The Balaban J connectivity index is 1.86. The lowest BCUT2D eigenvalue weighted by Gasteiger charge is -2.42. The average molecular weight is 768 g/mol. The fourth-order valence-electron chi connectivity index (χ4n) is 6.70. The van der Waals surface area contributed by atoms with E-state index in [1.54, 1.807) is 30.4 Å². The second-order valence-corrected chi connectivity index (χ2v) is 14.5. The molecule has 2 aliphatic rings. The van der Waals surface area contributed by atoms with Crippen molar-refractivity contribution < 1.29 is 55.6 Å². The molecule has 0 spiro atoms. The second kappa shape index (κ2) is 14.9. The molecule has 0 aromatic heterocycles. The summed E-state index contributed by atoms with van der Waals surface area (Å²) in [6, 6.07) is 10.3. The molecule has 2 N–H and O–H groups in total. The summed E-state index contributed by atoms with van der Waals surface area (Å²) in [4.78, 5) is 31.0. The number of likely N-dealkylation sites (tertiary alicyclic amines) is 1. The van der Waals surface area contributed by atoms with Gasteiger partial charge in [-0.1, -0.05) is 29.8 Å². The molecule has 12 nitrogen and oxygen atoms in total. The van der Waals surface area contributed by atoms with Gasteiger partial charge in [0.25, 0.3) is 15.9 Å². The van der Waals surface area contributed by atoms with E-state index in [4.69, 9.17) is 21.1 Å². The Hall–Kier alpha value is -4.35. The number of anilines is 1. The van der Waals surface area contributed by atoms with Crippen LogP contribution in [0.5, 0.6) is 17.2 Å². The van der Waals surface area contributed by atoms with E-state index >= 15 is 4.79 Å². The summed E-state index contributed by atoms with van der Waals surface area (Å²) in [5, 5.41) is 20.4. The number of aliphatic hydroxyl groups excluding tert-OH is 2. The number of carbonyl (C=O) groups is 2. The number of carbonyl (C=O) groups excluding carboxylic acids is 2. The van der Waals surface area contributed by atoms with Crippen molar-refractivity contribution in [3.63, 3.8) is 0 Å². The maximum absolute atomic E-state index is 15.5. The first-order valence-electron chi connectivity index (χ1n) is 15.9. The maximum atomic E-state index is 15.5. The third-order valence-electron chi connectivity index (χ3n) is 8.86. The number of rotatable bonds is 12. The number of halogens is 4. The van der Waals surface area contributed by atoms with Crippen molar-refractivity contribution in [1.29, 1.82) is 0 Å². The lowest BCUT2D eigenvalue weighted by molar-refractivity contribution is -0.275. The van der Waals surface area contributed by atoms with Crippen molar-refractivity contribution in [2.45, 2.75) is 48.2 Å². The van der Waals surface area contributed by atoms with Crippen LogP contribution in [-0.4, -0.2) is 100 Å². The molecular weight excluding hydrogens is 731 g/mol. The zero-order valence-electron chi connectivity index (χ0n) is 28.6. The van der Waals surface area contributed by atoms with E-state index in [1.165, 1.54) is 56.3 Å². The van der Waals surface area contributed by atoms with Gasteiger partial charge in [-0.2, -0.15) is 0 Å². The molecule has 5 rings (SSSR count). The van der Waals surface area contributed by atoms with E-state index in [9.17, 15) is 36.6 Å². The monoisotopic (exact) mass is 767 g/mol. The first-order valence-corrected chi connectivity index (χ1v) is 17.8. The van der Waals surface area contributed by atoms with Crippen molar-refractivity contribution >= 4 is 39.1 Å². The van der Waals surface area contributed by atoms with Crippen molar-refractivity contribution in [2.75, 3.05) is 45.8 Å². The van der Waals surface area contributed by atoms with Crippen LogP contribution in [0.25, 0.3) is 0 Å². The summed E-state index contributed by atoms with van der Waals surface area (Å²) < 4.78 is 85.7. The molecule has 0 saturated carbocycles. The van der Waals surface area contributed by atoms with Crippen LogP contribution >= 0.6 is 11.6 Å². The standard InChI is InChI=1S/C35H37ClF3N3O9S/c1-40(2)32(45)28-18-23(44)20-41(28)34(26-16-21(8-6-5-7-15-43)9-13-29(26)50-4)25-17-22(36)10-12-27(25)42(33(34)46)52(47,48)31-14-11-24(49-3)19-30(31)51-35(37,38)39/h5-6,9-14,16-17,19,23,28,43-44H,7-8,15,18,20H2,1-4H3/t23-,28+,34?/m1/s1. The van der Waals surface area contributed by atoms with Gasteiger partial charge < -0.3 is 29.3 Å². The number of β-amino-alcohol motifs (C(OH)–C–C–N with tert-alkyl or cyclic N) is 1. The molecule has 17 heteroatoms. The number of hydrogen-bond donors (Lipinski definition) is 2. The Morgan fingerprint density at radius 1 is 1.04 bits per heavy atom. The molecule has 3 aromatic rings. The number of hydrogen-bond acceptors (Lipinski definition) is 10. The predicted molar refractivity (Wildman–Crippen MR) is 184 cm³/mol. The van der Waals surface area contributed by atoms with E-state index < -0.39 is 56.5 Å². The van der Waals surface area contributed by atoms with Gasteiger partial charge in [0.05, 0.1) is 32.1 Å². The average Bonchev–Trinajstić information content (AvgIpc) is 3.59. The number of methoxy groups -OCH3 is 2. The molecule has 2 aliphatic heterocycles. The Kier molecular flexibility index (Phi) is 11.2. The molecule has 0 bridgehead atoms. The van der Waals surface area contributed by atoms with Crippen LogP contribution in [0.15, 0.2) is 71.6 Å². The molecule has 2 heterocycles. The molecule has 0 radical (unpaired) electrons. The summed E-state index contributed by atoms with van der Waals surface area (Å²) in [5.41, 5.74) is -1.85. The number of allylic oxidation sites excluding steroid dienone is 1. The molecule has 0 aliphatic carbocycles. The Bertz CT molecular complexity index is 1990. The van der Waals surface area contributed by atoms with Gasteiger partial charge in [0.15, 0.2) is 11.3 Å². The van der Waals surface area contributed by atoms with Gasteiger partial charge in [-0.15, -0.1) is 13.2 Å². The van der Waals surface area contributed by atoms with Gasteiger partial charge >= 0.3 is 6.36 Å². The van der Waals surface area contributed by atoms with Crippen LogP contribution in [0, 0.1) is 0 Å². The maximum Gasteiger partial charge on any atom is 0.573 e. The molecule has 2 amide bonds. The molecular formula is C35H37ClF3N3O9S. The first-order chi connectivity index (χ1) is 24.5. The molecule has 1 saturated heterocycles. The number of aliphatic hydroxyl groups is 2. The third kappa shape index (κ3) is 7.05. The largest absolute Gasteiger partial charge is 0.573 e. The van der Waals surface area contributed by atoms with Crippen LogP contribution in [-0.2, 0) is 31.6 Å². The van der Waals surface area contributed by atoms with Gasteiger partial charge in [-0.05, 0) is 67.3 Å². The molecule has 1 unspecified atom stereocenters. The van der Waals surface area contributed by atoms with E-state index in [2.05, 4.69) is 4.74 Å². The lowest BCUT2D eigenvalue weighted by Crippen LogP contribution is -2.59. The minimum Gasteiger partial charge on any atom is -0.497 e. The van der Waals surface area contributed by atoms with Crippen LogP contribution in [0.4, 0.5) is 18.9 Å². The number of alkyl halides is 3. The van der Waals surface area contributed by atoms with Crippen LogP contribution in [0.1, 0.15) is 29.5 Å². The van der Waals surface area contributed by atoms with Gasteiger partial charge in [-0.3, -0.25) is 14.5 Å². The molecule has 1 fully saturated rings. The van der Waals surface area contributed by atoms with Crippen LogP contribution in [0.3, 0.4) is 0 Å². The molecule has 3 atom stereocenters. The second-order valence-electron chi connectivity index (χ2n) is 12.3. The third-order valence-corrected chi connectivity index (χ3v) is 10.8. The van der Waals surface area contributed by atoms with E-state index in [1.807, 2.05) is 0 Å². The Morgan fingerprint density at radius 2 is 1.77 bits per heavy atom. The van der Waals surface area contributed by atoms with Crippen LogP contribution < -0.4 is 18.5 Å². The lowest BCUT2D eigenvalue weighted by atomic mass is 9.80. The highest BCUT2D eigenvalue weighted by Crippen LogP contribution is 2.55. The topological polar surface area (TPSA) is 146 Å². The van der Waals surface area contributed by atoms with Gasteiger partial charge in [0.2, 0.25) is 5.91 Å². The predicted octanol–water partition coefficient (Wildman–Crippen LogP) is 4.24. The minimum atomic E-state index is -5.33. The number of benzene rings is 3. The number of fused-ring (bicyclic) bond motifs is 1. The van der Waals surface area contributed by atoms with Crippen molar-refractivity contribution in [3.05, 3.63) is 88.5 Å². The zero-order valence-corrected chi connectivity index (χ0v) is 30.1. The number of nitrogens with zero attached hydrogens (tertiary/aromatic N) is 3. The van der Waals surface area contributed by atoms with Gasteiger partial charge in [0, 0.05) is 49.5 Å². The summed E-state index contributed by atoms with van der Waals surface area (Å²) in [6.07, 6.45) is -2.39. The number of ether oxygens (including phenoxy) is 3. The van der Waals surface area contributed by atoms with Crippen molar-refractivity contribution in [1.82, 2.24) is 9.80 Å². The fourth-order valence-corrected chi connectivity index (χ4v) is 8.43. The van der Waals surface area contributed by atoms with E-state index in [0.29, 0.717) is 22.7 Å². The summed E-state index contributed by atoms with van der Waals surface area (Å²) in [5.74, 6) is -2.91.